The molecule has 0 saturated carbocycles. The van der Waals surface area contributed by atoms with Gasteiger partial charge in [-0.1, -0.05) is 6.92 Å². The van der Waals surface area contributed by atoms with Gasteiger partial charge in [0.15, 0.2) is 5.78 Å². The van der Waals surface area contributed by atoms with Gasteiger partial charge < -0.3 is 0 Å². The van der Waals surface area contributed by atoms with E-state index < -0.39 is 0 Å². The number of azo groups is 1. The number of Topliss-reactive ketones (excluding diaryl/α,β-unsaturated/α-hetero) is 1. The van der Waals surface area contributed by atoms with Crippen molar-refractivity contribution < 1.29 is 4.79 Å². The fraction of sp³-hybridized carbons (Fsp3) is 0.300. The zero-order valence-corrected chi connectivity index (χ0v) is 7.45. The molecule has 1 aromatic carbocycles. The molecule has 1 aliphatic rings. The Morgan fingerprint density at radius 3 is 3.15 bits per heavy atom. The quantitative estimate of drug-likeness (QED) is 0.635. The SMILES string of the molecule is CCC(=O)c1ccc2c(c1)CN=N2. The van der Waals surface area contributed by atoms with Crippen LogP contribution in [0.15, 0.2) is 28.4 Å². The number of hydrogen-bond donors (Lipinski definition) is 0. The smallest absolute Gasteiger partial charge is 0.162 e. The van der Waals surface area contributed by atoms with Crippen molar-refractivity contribution in [3.05, 3.63) is 29.3 Å². The van der Waals surface area contributed by atoms with E-state index in [1.807, 2.05) is 25.1 Å². The number of ketones is 1. The molecule has 3 heteroatoms. The van der Waals surface area contributed by atoms with Gasteiger partial charge >= 0.3 is 0 Å². The van der Waals surface area contributed by atoms with Gasteiger partial charge in [-0.05, 0) is 18.2 Å². The Morgan fingerprint density at radius 1 is 1.54 bits per heavy atom. The monoisotopic (exact) mass is 174 g/mol. The van der Waals surface area contributed by atoms with Crippen molar-refractivity contribution in [1.82, 2.24) is 0 Å². The largest absolute Gasteiger partial charge is 0.294 e. The number of hydrogen-bond acceptors (Lipinski definition) is 3. The van der Waals surface area contributed by atoms with Crippen molar-refractivity contribution in [2.45, 2.75) is 19.9 Å². The van der Waals surface area contributed by atoms with Gasteiger partial charge in [-0.2, -0.15) is 10.2 Å². The number of rotatable bonds is 2. The summed E-state index contributed by atoms with van der Waals surface area (Å²) in [6, 6.07) is 5.56. The molecule has 0 N–H and O–H groups in total. The van der Waals surface area contributed by atoms with E-state index in [4.69, 9.17) is 0 Å². The highest BCUT2D eigenvalue weighted by Crippen LogP contribution is 2.27. The average Bonchev–Trinajstić information content (AvgIpc) is 2.63. The summed E-state index contributed by atoms with van der Waals surface area (Å²) in [7, 11) is 0. The summed E-state index contributed by atoms with van der Waals surface area (Å²) in [5.74, 6) is 0.176. The molecule has 1 heterocycles. The Bertz CT molecular complexity index is 383. The lowest BCUT2D eigenvalue weighted by atomic mass is 10.0. The van der Waals surface area contributed by atoms with E-state index in [0.29, 0.717) is 13.0 Å². The zero-order valence-electron chi connectivity index (χ0n) is 7.45. The summed E-state index contributed by atoms with van der Waals surface area (Å²) in [6.45, 7) is 2.48. The Kier molecular flexibility index (Phi) is 1.93. The Morgan fingerprint density at radius 2 is 2.38 bits per heavy atom. The van der Waals surface area contributed by atoms with Crippen LogP contribution in [-0.4, -0.2) is 5.78 Å². The lowest BCUT2D eigenvalue weighted by Gasteiger charge is -1.99. The molecule has 0 amide bonds. The molecule has 0 bridgehead atoms. The molecule has 1 aromatic rings. The van der Waals surface area contributed by atoms with Gasteiger partial charge in [0.25, 0.3) is 0 Å². The predicted octanol–water partition coefficient (Wildman–Crippen LogP) is 2.88. The van der Waals surface area contributed by atoms with Gasteiger partial charge in [-0.15, -0.1) is 0 Å². The van der Waals surface area contributed by atoms with Crippen molar-refractivity contribution in [2.24, 2.45) is 10.2 Å². The predicted molar refractivity (Wildman–Crippen MR) is 49.3 cm³/mol. The number of carbonyl (C=O) groups is 1. The van der Waals surface area contributed by atoms with Crippen LogP contribution in [0.2, 0.25) is 0 Å². The van der Waals surface area contributed by atoms with Gasteiger partial charge in [0.1, 0.15) is 0 Å². The first-order valence-electron chi connectivity index (χ1n) is 4.35. The van der Waals surface area contributed by atoms with E-state index in [1.165, 1.54) is 0 Å². The molecule has 0 aromatic heterocycles. The molecule has 0 aliphatic carbocycles. The second-order valence-electron chi connectivity index (χ2n) is 3.02. The molecule has 3 nitrogen and oxygen atoms in total. The van der Waals surface area contributed by atoms with E-state index in [0.717, 1.165) is 16.8 Å². The molecule has 0 fully saturated rings. The Balaban J connectivity index is 2.38. The molecule has 66 valence electrons. The molecule has 0 atom stereocenters. The first-order chi connectivity index (χ1) is 6.31. The van der Waals surface area contributed by atoms with Crippen LogP contribution in [0, 0.1) is 0 Å². The fourth-order valence-electron chi connectivity index (χ4n) is 1.37. The molecular weight excluding hydrogens is 164 g/mol. The summed E-state index contributed by atoms with van der Waals surface area (Å²) in [6.07, 6.45) is 0.549. The fourth-order valence-corrected chi connectivity index (χ4v) is 1.37. The van der Waals surface area contributed by atoms with Crippen LogP contribution in [0.3, 0.4) is 0 Å². The molecule has 0 spiro atoms. The van der Waals surface area contributed by atoms with Crippen LogP contribution in [0.5, 0.6) is 0 Å². The molecule has 2 rings (SSSR count). The first kappa shape index (κ1) is 8.10. The van der Waals surface area contributed by atoms with Gasteiger partial charge in [0, 0.05) is 17.5 Å². The normalized spacial score (nSPS) is 13.0. The zero-order chi connectivity index (χ0) is 9.26. The van der Waals surface area contributed by atoms with Crippen molar-refractivity contribution in [1.29, 1.82) is 0 Å². The minimum Gasteiger partial charge on any atom is -0.294 e. The van der Waals surface area contributed by atoms with Crippen molar-refractivity contribution >= 4 is 11.5 Å². The molecule has 0 radical (unpaired) electrons. The topological polar surface area (TPSA) is 41.8 Å². The maximum atomic E-state index is 11.4. The van der Waals surface area contributed by atoms with Crippen molar-refractivity contribution in [2.75, 3.05) is 0 Å². The number of benzene rings is 1. The second-order valence-corrected chi connectivity index (χ2v) is 3.02. The summed E-state index contributed by atoms with van der Waals surface area (Å²) in [4.78, 5) is 11.4. The lowest BCUT2D eigenvalue weighted by Crippen LogP contribution is -1.96. The van der Waals surface area contributed by atoms with Crippen LogP contribution < -0.4 is 0 Å². The van der Waals surface area contributed by atoms with E-state index >= 15 is 0 Å². The standard InChI is InChI=1S/C10H10N2O/c1-2-10(13)7-3-4-9-8(5-7)6-11-12-9/h3-5H,2,6H2,1H3. The van der Waals surface area contributed by atoms with Gasteiger partial charge in [-0.3, -0.25) is 4.79 Å². The Labute approximate surface area is 76.5 Å². The third kappa shape index (κ3) is 1.37. The molecule has 1 aliphatic heterocycles. The first-order valence-corrected chi connectivity index (χ1v) is 4.35. The molecule has 13 heavy (non-hydrogen) atoms. The van der Waals surface area contributed by atoms with Crippen LogP contribution in [0.1, 0.15) is 29.3 Å². The van der Waals surface area contributed by atoms with Crippen LogP contribution in [-0.2, 0) is 6.54 Å². The third-order valence-corrected chi connectivity index (χ3v) is 2.14. The number of carbonyl (C=O) groups excluding carboxylic acids is 1. The van der Waals surface area contributed by atoms with E-state index in [2.05, 4.69) is 10.2 Å². The summed E-state index contributed by atoms with van der Waals surface area (Å²) < 4.78 is 0. The lowest BCUT2D eigenvalue weighted by molar-refractivity contribution is 0.0988. The van der Waals surface area contributed by atoms with Crippen LogP contribution in [0.4, 0.5) is 5.69 Å². The number of nitrogens with zero attached hydrogens (tertiary/aromatic N) is 2. The highest BCUT2D eigenvalue weighted by molar-refractivity contribution is 5.96. The minimum atomic E-state index is 0.176. The average molecular weight is 174 g/mol. The maximum Gasteiger partial charge on any atom is 0.162 e. The third-order valence-electron chi connectivity index (χ3n) is 2.14. The van der Waals surface area contributed by atoms with Crippen LogP contribution >= 0.6 is 0 Å². The molecular formula is C10H10N2O. The van der Waals surface area contributed by atoms with Crippen LogP contribution in [0.25, 0.3) is 0 Å². The summed E-state index contributed by atoms with van der Waals surface area (Å²) in [5, 5.41) is 7.83. The summed E-state index contributed by atoms with van der Waals surface area (Å²) >= 11 is 0. The van der Waals surface area contributed by atoms with E-state index in [-0.39, 0.29) is 5.78 Å². The van der Waals surface area contributed by atoms with Gasteiger partial charge in [0.2, 0.25) is 0 Å². The summed E-state index contributed by atoms with van der Waals surface area (Å²) in [5.41, 5.74) is 2.72. The Hall–Kier alpha value is -1.51. The van der Waals surface area contributed by atoms with E-state index in [9.17, 15) is 4.79 Å². The van der Waals surface area contributed by atoms with Gasteiger partial charge in [0.05, 0.1) is 12.2 Å². The second kappa shape index (κ2) is 3.09. The van der Waals surface area contributed by atoms with E-state index in [1.54, 1.807) is 0 Å². The van der Waals surface area contributed by atoms with Crippen molar-refractivity contribution in [3.8, 4) is 0 Å². The number of fused-ring (bicyclic) bond motifs is 1. The highest BCUT2D eigenvalue weighted by atomic mass is 16.1. The molecule has 0 saturated heterocycles. The van der Waals surface area contributed by atoms with Crippen molar-refractivity contribution in [3.63, 3.8) is 0 Å². The maximum absolute atomic E-state index is 11.4. The van der Waals surface area contributed by atoms with Gasteiger partial charge in [-0.25, -0.2) is 0 Å². The molecule has 0 unspecified atom stereocenters. The highest BCUT2D eigenvalue weighted by Gasteiger charge is 2.10. The minimum absolute atomic E-state index is 0.176.